The highest BCUT2D eigenvalue weighted by Gasteiger charge is 2.51. The number of rotatable bonds is 35. The molecule has 0 spiro atoms. The second-order valence-electron chi connectivity index (χ2n) is 30.2. The summed E-state index contributed by atoms with van der Waals surface area (Å²) in [4.78, 5) is 198. The molecule has 104 heavy (non-hydrogen) atoms. The van der Waals surface area contributed by atoms with Crippen molar-refractivity contribution in [3.8, 4) is 0 Å². The molecule has 0 aromatic heterocycles. The normalized spacial score (nSPS) is 17.9. The third-order valence-corrected chi connectivity index (χ3v) is 21.6. The van der Waals surface area contributed by atoms with Gasteiger partial charge in [-0.25, -0.2) is 4.79 Å². The molecular weight excluding hydrogens is 1330 g/mol. The largest absolute Gasteiger partial charge is 0.480 e. The van der Waals surface area contributed by atoms with Crippen molar-refractivity contribution >= 4 is 77.0 Å². The number of likely N-dealkylation sites (N-methyl/N-ethyl adjacent to an activating group) is 7. The number of carboxylic acids is 1. The molecule has 0 bridgehead atoms. The van der Waals surface area contributed by atoms with Crippen LogP contribution in [0.2, 0.25) is 0 Å². The maximum absolute atomic E-state index is 15.4. The van der Waals surface area contributed by atoms with Crippen LogP contribution in [0.3, 0.4) is 0 Å². The molecule has 2 aromatic rings. The predicted molar refractivity (Wildman–Crippen MR) is 391 cm³/mol. The Morgan fingerprint density at radius 1 is 0.577 bits per heavy atom. The summed E-state index contributed by atoms with van der Waals surface area (Å²) < 4.78 is 5.54. The fraction of sp³-hybridized carbons (Fsp3) is 0.675. The van der Waals surface area contributed by atoms with E-state index in [2.05, 4.69) is 16.0 Å². The highest BCUT2D eigenvalue weighted by Crippen LogP contribution is 2.35. The van der Waals surface area contributed by atoms with E-state index in [0.29, 0.717) is 70.9 Å². The molecule has 0 radical (unpaired) electrons. The van der Waals surface area contributed by atoms with Crippen LogP contribution in [0.5, 0.6) is 0 Å². The molecular formula is C77H118N12O15. The molecule has 8 atom stereocenters. The summed E-state index contributed by atoms with van der Waals surface area (Å²) in [6.45, 7) is 10.3. The van der Waals surface area contributed by atoms with Gasteiger partial charge in [-0.3, -0.25) is 57.5 Å². The lowest BCUT2D eigenvalue weighted by molar-refractivity contribution is -0.156. The van der Waals surface area contributed by atoms with E-state index >= 15 is 14.4 Å². The van der Waals surface area contributed by atoms with Crippen LogP contribution in [0.1, 0.15) is 175 Å². The molecule has 4 fully saturated rings. The quantitative estimate of drug-likeness (QED) is 0.0643. The van der Waals surface area contributed by atoms with Gasteiger partial charge in [0.05, 0.1) is 19.5 Å². The number of nitrogens with one attached hydrogen (secondary N) is 3. The summed E-state index contributed by atoms with van der Waals surface area (Å²) in [7, 11) is 9.99. The fourth-order valence-electron chi connectivity index (χ4n) is 15.0. The number of hydrogen-bond donors (Lipinski definition) is 4. The van der Waals surface area contributed by atoms with Crippen molar-refractivity contribution in [2.45, 2.75) is 224 Å². The molecule has 2 aromatic carbocycles. The van der Waals surface area contributed by atoms with Crippen LogP contribution >= 0.6 is 0 Å². The van der Waals surface area contributed by atoms with Gasteiger partial charge in [0.2, 0.25) is 65.0 Å². The number of carboxylic acid groups (broad SMARTS) is 1. The lowest BCUT2D eigenvalue weighted by atomic mass is 9.84. The van der Waals surface area contributed by atoms with E-state index in [0.717, 1.165) is 64.4 Å². The maximum atomic E-state index is 15.4. The van der Waals surface area contributed by atoms with Crippen molar-refractivity contribution in [2.24, 2.45) is 23.7 Å². The van der Waals surface area contributed by atoms with Crippen molar-refractivity contribution in [3.63, 3.8) is 0 Å². The topological polar surface area (TPSA) is 317 Å². The average molecular weight is 1450 g/mol. The summed E-state index contributed by atoms with van der Waals surface area (Å²) in [6.07, 6.45) is 9.57. The molecule has 2 heterocycles. The molecule has 4 N–H and O–H groups in total. The number of amides is 12. The predicted octanol–water partition coefficient (Wildman–Crippen LogP) is 5.71. The van der Waals surface area contributed by atoms with Crippen LogP contribution in [-0.4, -0.2) is 263 Å². The molecule has 576 valence electrons. The van der Waals surface area contributed by atoms with Crippen molar-refractivity contribution in [2.75, 3.05) is 88.6 Å². The summed E-state index contributed by atoms with van der Waals surface area (Å²) >= 11 is 0. The Balaban J connectivity index is 1.16. The Hall–Kier alpha value is -8.65. The lowest BCUT2D eigenvalue weighted by Crippen LogP contribution is -2.65. The molecule has 2 aliphatic carbocycles. The van der Waals surface area contributed by atoms with Gasteiger partial charge in [-0.2, -0.15) is 0 Å². The Labute approximate surface area is 615 Å². The van der Waals surface area contributed by atoms with E-state index in [1.54, 1.807) is 25.7 Å². The number of nitrogens with zero attached hydrogens (tertiary/aromatic N) is 9. The monoisotopic (exact) mass is 1450 g/mol. The highest BCUT2D eigenvalue weighted by atomic mass is 16.5. The van der Waals surface area contributed by atoms with Gasteiger partial charge in [0.15, 0.2) is 0 Å². The van der Waals surface area contributed by atoms with Gasteiger partial charge >= 0.3 is 12.1 Å². The summed E-state index contributed by atoms with van der Waals surface area (Å²) in [6, 6.07) is 10.6. The summed E-state index contributed by atoms with van der Waals surface area (Å²) in [5.41, 5.74) is 0.221. The van der Waals surface area contributed by atoms with Crippen LogP contribution < -0.4 is 16.0 Å². The molecule has 27 nitrogen and oxygen atoms in total. The minimum Gasteiger partial charge on any atom is -0.480 e. The fourth-order valence-corrected chi connectivity index (χ4v) is 15.0. The van der Waals surface area contributed by atoms with Crippen molar-refractivity contribution in [1.82, 2.24) is 60.0 Å². The van der Waals surface area contributed by atoms with Crippen molar-refractivity contribution in [1.29, 1.82) is 0 Å². The maximum Gasteiger partial charge on any atom is 0.408 e. The number of hydrogen-bond acceptors (Lipinski definition) is 14. The van der Waals surface area contributed by atoms with E-state index in [1.807, 2.05) is 81.4 Å². The molecule has 2 saturated heterocycles. The minimum atomic E-state index is -1.48. The van der Waals surface area contributed by atoms with E-state index in [-0.39, 0.29) is 50.7 Å². The van der Waals surface area contributed by atoms with Crippen LogP contribution in [0, 0.1) is 23.7 Å². The van der Waals surface area contributed by atoms with E-state index in [1.165, 1.54) is 73.8 Å². The van der Waals surface area contributed by atoms with E-state index < -0.39 is 163 Å². The Morgan fingerprint density at radius 3 is 1.74 bits per heavy atom. The number of aliphatic carboxylic acids is 1. The van der Waals surface area contributed by atoms with Crippen LogP contribution in [0.4, 0.5) is 4.79 Å². The number of likely N-dealkylation sites (tertiary alicyclic amines) is 2. The third kappa shape index (κ3) is 23.2. The van der Waals surface area contributed by atoms with E-state index in [4.69, 9.17) is 4.74 Å². The lowest BCUT2D eigenvalue weighted by Gasteiger charge is -2.42. The zero-order valence-corrected chi connectivity index (χ0v) is 63.9. The molecule has 2 saturated carbocycles. The standard InChI is InChI=1S/C77H118N12O15/c1-14-53(6)66(73(100)82(8)47-63(91)81(7)48-64(92)85(11)60(45-55-32-21-16-22-33-55)71(98)83(9)49-65(93)94)79-68(95)59(44-51(2)3)84(10)62(90)46-61(72(99)88-41-27-18-28-42-88)86(12)74(101)67(52(4)5)87(13)75(102)77(39-25-26-40-77)80-69(96)58-36-29-43-89(58)70(97)57(38-37-54-30-19-15-20-31-54)78-76(103)104-50-56-34-23-17-24-35-56/h15,17,19-20,23-24,30-31,34-35,51-53,55,57-61,66-67H,14,16,18,21-22,25-29,32-33,36-50H2,1-13H3,(H,78,103)(H,79,95)(H,80,96)(H,93,94)/t53-,57-,58-,59-,60-,61-,66-,67-/m0/s1. The average Bonchev–Trinajstić information content (AvgIpc) is 1.51. The molecule has 4 aliphatic rings. The van der Waals surface area contributed by atoms with Gasteiger partial charge in [0.25, 0.3) is 0 Å². The Bertz CT molecular complexity index is 3270. The second kappa shape index (κ2) is 40.0. The Morgan fingerprint density at radius 2 is 1.15 bits per heavy atom. The first kappa shape index (κ1) is 84.3. The number of benzene rings is 2. The highest BCUT2D eigenvalue weighted by molar-refractivity contribution is 6.00. The van der Waals surface area contributed by atoms with Gasteiger partial charge in [0, 0.05) is 69.0 Å². The Kier molecular flexibility index (Phi) is 32.4. The zero-order chi connectivity index (χ0) is 76.7. The number of ether oxygens (including phenoxy) is 1. The van der Waals surface area contributed by atoms with Crippen molar-refractivity contribution < 1.29 is 72.2 Å². The van der Waals surface area contributed by atoms with Gasteiger partial charge in [0.1, 0.15) is 61.0 Å². The van der Waals surface area contributed by atoms with Gasteiger partial charge in [-0.15, -0.1) is 0 Å². The van der Waals surface area contributed by atoms with Crippen LogP contribution in [0.25, 0.3) is 0 Å². The van der Waals surface area contributed by atoms with Gasteiger partial charge in [-0.1, -0.05) is 154 Å². The molecule has 12 amide bonds. The van der Waals surface area contributed by atoms with E-state index in [9.17, 15) is 53.1 Å². The first-order valence-corrected chi connectivity index (χ1v) is 37.5. The first-order chi connectivity index (χ1) is 49.3. The first-order valence-electron chi connectivity index (χ1n) is 37.5. The van der Waals surface area contributed by atoms with Crippen LogP contribution in [0.15, 0.2) is 60.7 Å². The number of aryl methyl sites for hydroxylation is 1. The van der Waals surface area contributed by atoms with Crippen LogP contribution in [-0.2, 0) is 75.3 Å². The van der Waals surface area contributed by atoms with Gasteiger partial charge < -0.3 is 69.9 Å². The van der Waals surface area contributed by atoms with Gasteiger partial charge in [-0.05, 0) is 105 Å². The summed E-state index contributed by atoms with van der Waals surface area (Å²) in [5, 5.41) is 18.2. The summed E-state index contributed by atoms with van der Waals surface area (Å²) in [5.74, 6) is -8.64. The number of piperidine rings is 1. The third-order valence-electron chi connectivity index (χ3n) is 21.6. The molecule has 27 heteroatoms. The number of carbonyl (C=O) groups is 13. The number of carbonyl (C=O) groups excluding carboxylic acids is 12. The molecule has 6 rings (SSSR count). The minimum absolute atomic E-state index is 0.0235. The molecule has 2 aliphatic heterocycles. The zero-order valence-electron chi connectivity index (χ0n) is 63.9. The second-order valence-corrected chi connectivity index (χ2v) is 30.2. The molecule has 0 unspecified atom stereocenters. The van der Waals surface area contributed by atoms with Crippen molar-refractivity contribution in [3.05, 3.63) is 71.8 Å². The number of alkyl carbamates (subject to hydrolysis) is 1. The smallest absolute Gasteiger partial charge is 0.408 e. The SMILES string of the molecule is CC[C@H](C)[C@H](NC(=O)[C@H](CC(C)C)N(C)C(=O)C[C@@H](C(=O)N1CCCCC1)N(C)C(=O)[C@H](C(C)C)N(C)C(=O)C1(NC(=O)[C@@H]2CCCN2C(=O)[C@H](CCc2ccccc2)NC(=O)OCc2ccccc2)CCCC1)C(=O)N(C)CC(=O)N(C)CC(=O)N(C)[C@@H](CC1CCCCC1)C(=O)N(C)CC(=O)O.